The van der Waals surface area contributed by atoms with Gasteiger partial charge in [-0.25, -0.2) is 0 Å². The Morgan fingerprint density at radius 3 is 2.67 bits per heavy atom. The number of alkyl halides is 3. The third-order valence-electron chi connectivity index (χ3n) is 3.39. The summed E-state index contributed by atoms with van der Waals surface area (Å²) in [6.07, 6.45) is -3.74. The number of hydrogen-bond donors (Lipinski definition) is 1. The van der Waals surface area contributed by atoms with Crippen LogP contribution in [0.15, 0.2) is 24.3 Å². The molecule has 1 aromatic carbocycles. The second-order valence-electron chi connectivity index (χ2n) is 4.46. The second-order valence-corrected chi connectivity index (χ2v) is 4.46. The molecule has 1 N–H and O–H groups in total. The fourth-order valence-electron chi connectivity index (χ4n) is 2.51. The van der Waals surface area contributed by atoms with E-state index in [1.165, 1.54) is 6.07 Å². The van der Waals surface area contributed by atoms with Gasteiger partial charge in [0, 0.05) is 19.6 Å². The van der Waals surface area contributed by atoms with Crippen molar-refractivity contribution in [3.8, 4) is 0 Å². The lowest BCUT2D eigenvalue weighted by molar-refractivity contribution is -0.138. The Hall–Kier alpha value is -1.07. The van der Waals surface area contributed by atoms with Crippen molar-refractivity contribution in [3.05, 3.63) is 35.4 Å². The maximum Gasteiger partial charge on any atom is 0.416 e. The molecule has 100 valence electrons. The predicted molar refractivity (Wildman–Crippen MR) is 62.5 cm³/mol. The third kappa shape index (κ3) is 2.67. The molecule has 0 radical (unpaired) electrons. The highest BCUT2D eigenvalue weighted by atomic mass is 19.4. The van der Waals surface area contributed by atoms with E-state index in [9.17, 15) is 13.2 Å². The molecule has 0 saturated carbocycles. The summed E-state index contributed by atoms with van der Waals surface area (Å²) < 4.78 is 44.2. The Morgan fingerprint density at radius 1 is 1.28 bits per heavy atom. The minimum Gasteiger partial charge on any atom is -0.381 e. The van der Waals surface area contributed by atoms with Gasteiger partial charge in [0.05, 0.1) is 11.7 Å². The van der Waals surface area contributed by atoms with Crippen LogP contribution in [0.25, 0.3) is 0 Å². The number of rotatable bonds is 2. The Balaban J connectivity index is 2.37. The van der Waals surface area contributed by atoms with Gasteiger partial charge in [-0.05, 0) is 24.6 Å². The number of piperidine rings is 1. The number of hydrogen-bond acceptors (Lipinski definition) is 2. The minimum atomic E-state index is -4.31. The van der Waals surface area contributed by atoms with Crippen molar-refractivity contribution in [1.29, 1.82) is 0 Å². The highest BCUT2D eigenvalue weighted by Crippen LogP contribution is 2.37. The SMILES string of the molecule is COC1CCNCC1c1ccccc1C(F)(F)F. The summed E-state index contributed by atoms with van der Waals surface area (Å²) in [6, 6.07) is 5.75. The molecule has 1 saturated heterocycles. The summed E-state index contributed by atoms with van der Waals surface area (Å²) >= 11 is 0. The number of methoxy groups -OCH3 is 1. The van der Waals surface area contributed by atoms with Crippen molar-refractivity contribution in [2.45, 2.75) is 24.6 Å². The van der Waals surface area contributed by atoms with Crippen molar-refractivity contribution >= 4 is 0 Å². The molecule has 0 aromatic heterocycles. The zero-order valence-electron chi connectivity index (χ0n) is 10.1. The van der Waals surface area contributed by atoms with Crippen LogP contribution in [0.4, 0.5) is 13.2 Å². The van der Waals surface area contributed by atoms with Crippen LogP contribution in [0.2, 0.25) is 0 Å². The van der Waals surface area contributed by atoms with Gasteiger partial charge in [0.1, 0.15) is 0 Å². The minimum absolute atomic E-state index is 0.158. The molecular formula is C13H16F3NO. The molecule has 1 aliphatic rings. The zero-order chi connectivity index (χ0) is 13.2. The number of benzene rings is 1. The lowest BCUT2D eigenvalue weighted by Crippen LogP contribution is -2.40. The van der Waals surface area contributed by atoms with E-state index in [0.717, 1.165) is 19.0 Å². The van der Waals surface area contributed by atoms with Crippen LogP contribution in [0, 0.1) is 0 Å². The molecular weight excluding hydrogens is 243 g/mol. The molecule has 2 unspecified atom stereocenters. The molecule has 1 aromatic rings. The smallest absolute Gasteiger partial charge is 0.381 e. The van der Waals surface area contributed by atoms with Crippen LogP contribution in [-0.4, -0.2) is 26.3 Å². The van der Waals surface area contributed by atoms with Gasteiger partial charge < -0.3 is 10.1 Å². The molecule has 0 bridgehead atoms. The Labute approximate surface area is 104 Å². The summed E-state index contributed by atoms with van der Waals surface area (Å²) in [5.41, 5.74) is -0.232. The van der Waals surface area contributed by atoms with E-state index in [4.69, 9.17) is 4.74 Å². The molecule has 2 atom stereocenters. The van der Waals surface area contributed by atoms with E-state index >= 15 is 0 Å². The van der Waals surface area contributed by atoms with Crippen LogP contribution in [-0.2, 0) is 10.9 Å². The summed E-state index contributed by atoms with van der Waals surface area (Å²) in [5.74, 6) is -0.249. The molecule has 1 heterocycles. The van der Waals surface area contributed by atoms with E-state index in [-0.39, 0.29) is 12.0 Å². The predicted octanol–water partition coefficient (Wildman–Crippen LogP) is 2.80. The van der Waals surface area contributed by atoms with Crippen molar-refractivity contribution in [2.24, 2.45) is 0 Å². The monoisotopic (exact) mass is 259 g/mol. The first kappa shape index (κ1) is 13.4. The summed E-state index contributed by atoms with van der Waals surface area (Å²) in [6.45, 7) is 1.30. The van der Waals surface area contributed by atoms with E-state index in [1.54, 1.807) is 19.2 Å². The Morgan fingerprint density at radius 2 is 2.00 bits per heavy atom. The first-order valence-electron chi connectivity index (χ1n) is 5.93. The topological polar surface area (TPSA) is 21.3 Å². The first-order chi connectivity index (χ1) is 8.54. The highest BCUT2D eigenvalue weighted by molar-refractivity contribution is 5.34. The van der Waals surface area contributed by atoms with Crippen LogP contribution >= 0.6 is 0 Å². The van der Waals surface area contributed by atoms with Gasteiger partial charge in [0.25, 0.3) is 0 Å². The summed E-state index contributed by atoms with van der Waals surface area (Å²) in [5, 5.41) is 3.13. The largest absolute Gasteiger partial charge is 0.416 e. The Kier molecular flexibility index (Phi) is 3.92. The van der Waals surface area contributed by atoms with E-state index in [1.807, 2.05) is 0 Å². The van der Waals surface area contributed by atoms with Gasteiger partial charge >= 0.3 is 6.18 Å². The van der Waals surface area contributed by atoms with E-state index in [0.29, 0.717) is 12.1 Å². The van der Waals surface area contributed by atoms with Crippen LogP contribution in [0.1, 0.15) is 23.5 Å². The van der Waals surface area contributed by atoms with Crippen LogP contribution in [0.5, 0.6) is 0 Å². The number of nitrogens with one attached hydrogen (secondary N) is 1. The molecule has 0 spiro atoms. The maximum atomic E-state index is 13.0. The molecule has 2 rings (SSSR count). The van der Waals surface area contributed by atoms with Gasteiger partial charge in [-0.15, -0.1) is 0 Å². The molecule has 1 fully saturated rings. The zero-order valence-corrected chi connectivity index (χ0v) is 10.1. The Bertz CT molecular complexity index is 405. The fraction of sp³-hybridized carbons (Fsp3) is 0.538. The molecule has 0 aliphatic carbocycles. The van der Waals surface area contributed by atoms with E-state index < -0.39 is 11.7 Å². The van der Waals surface area contributed by atoms with E-state index in [2.05, 4.69) is 5.32 Å². The average Bonchev–Trinajstić information content (AvgIpc) is 2.37. The number of ether oxygens (including phenoxy) is 1. The van der Waals surface area contributed by atoms with Gasteiger partial charge in [0.15, 0.2) is 0 Å². The van der Waals surface area contributed by atoms with Crippen molar-refractivity contribution in [1.82, 2.24) is 5.32 Å². The van der Waals surface area contributed by atoms with Crippen molar-refractivity contribution in [2.75, 3.05) is 20.2 Å². The molecule has 5 heteroatoms. The van der Waals surface area contributed by atoms with Crippen LogP contribution < -0.4 is 5.32 Å². The highest BCUT2D eigenvalue weighted by Gasteiger charge is 2.37. The van der Waals surface area contributed by atoms with Gasteiger partial charge in [-0.1, -0.05) is 18.2 Å². The third-order valence-corrected chi connectivity index (χ3v) is 3.39. The quantitative estimate of drug-likeness (QED) is 0.881. The summed E-state index contributed by atoms with van der Waals surface area (Å²) in [7, 11) is 1.55. The second kappa shape index (κ2) is 5.28. The average molecular weight is 259 g/mol. The molecule has 0 amide bonds. The van der Waals surface area contributed by atoms with Gasteiger partial charge in [-0.2, -0.15) is 13.2 Å². The van der Waals surface area contributed by atoms with Crippen molar-refractivity contribution in [3.63, 3.8) is 0 Å². The van der Waals surface area contributed by atoms with Gasteiger partial charge in [0.2, 0.25) is 0 Å². The van der Waals surface area contributed by atoms with Crippen LogP contribution in [0.3, 0.4) is 0 Å². The lowest BCUT2D eigenvalue weighted by Gasteiger charge is -2.32. The molecule has 2 nitrogen and oxygen atoms in total. The normalized spacial score (nSPS) is 25.1. The summed E-state index contributed by atoms with van der Waals surface area (Å²) in [4.78, 5) is 0. The molecule has 1 aliphatic heterocycles. The first-order valence-corrected chi connectivity index (χ1v) is 5.93. The molecule has 18 heavy (non-hydrogen) atoms. The number of halogens is 3. The maximum absolute atomic E-state index is 13.0. The lowest BCUT2D eigenvalue weighted by atomic mass is 9.86. The van der Waals surface area contributed by atoms with Crippen molar-refractivity contribution < 1.29 is 17.9 Å². The fourth-order valence-corrected chi connectivity index (χ4v) is 2.51. The van der Waals surface area contributed by atoms with Gasteiger partial charge in [-0.3, -0.25) is 0 Å². The standard InChI is InChI=1S/C13H16F3NO/c1-18-12-6-7-17-8-10(12)9-4-2-3-5-11(9)13(14,15)16/h2-5,10,12,17H,6-8H2,1H3.